The molecular weight excluding hydrogens is 273 g/mol. The van der Waals surface area contributed by atoms with Crippen molar-refractivity contribution in [2.24, 2.45) is 11.8 Å². The van der Waals surface area contributed by atoms with Crippen molar-refractivity contribution in [3.8, 4) is 5.75 Å². The van der Waals surface area contributed by atoms with Crippen LogP contribution in [0.3, 0.4) is 0 Å². The summed E-state index contributed by atoms with van der Waals surface area (Å²) in [5.41, 5.74) is 0. The van der Waals surface area contributed by atoms with Crippen molar-refractivity contribution in [2.45, 2.75) is 33.3 Å². The van der Waals surface area contributed by atoms with Gasteiger partial charge in [0.05, 0.1) is 0 Å². The predicted molar refractivity (Wildman–Crippen MR) is 79.5 cm³/mol. The van der Waals surface area contributed by atoms with E-state index in [1.54, 1.807) is 0 Å². The number of ether oxygens (including phenoxy) is 1. The van der Waals surface area contributed by atoms with Crippen LogP contribution in [0.25, 0.3) is 0 Å². The molecule has 3 unspecified atom stereocenters. The third-order valence-corrected chi connectivity index (χ3v) is 3.68. The first-order valence-corrected chi connectivity index (χ1v) is 7.28. The van der Waals surface area contributed by atoms with E-state index in [4.69, 9.17) is 4.74 Å². The number of nitrogens with one attached hydrogen (secondary N) is 1. The van der Waals surface area contributed by atoms with Crippen LogP contribution in [0.15, 0.2) is 24.3 Å². The molecule has 21 heavy (non-hydrogen) atoms. The number of amides is 1. The molecule has 0 spiro atoms. The largest absolute Gasteiger partial charge is 0.491 e. The molecule has 2 N–H and O–H groups in total. The number of hydrogen-bond donors (Lipinski definition) is 2. The smallest absolute Gasteiger partial charge is 0.223 e. The predicted octanol–water partition coefficient (Wildman–Crippen LogP) is 2.36. The molecule has 0 aliphatic carbocycles. The zero-order chi connectivity index (χ0) is 15.8. The molecule has 0 heterocycles. The van der Waals surface area contributed by atoms with Crippen molar-refractivity contribution in [2.75, 3.05) is 13.2 Å². The molecule has 5 heteroatoms. The van der Waals surface area contributed by atoms with Crippen molar-refractivity contribution >= 4 is 5.91 Å². The number of benzene rings is 1. The molecule has 0 saturated heterocycles. The topological polar surface area (TPSA) is 58.6 Å². The maximum absolute atomic E-state index is 12.7. The second kappa shape index (κ2) is 8.62. The highest BCUT2D eigenvalue weighted by Crippen LogP contribution is 2.14. The second-order valence-electron chi connectivity index (χ2n) is 5.34. The lowest BCUT2D eigenvalue weighted by Gasteiger charge is -2.19. The van der Waals surface area contributed by atoms with Crippen molar-refractivity contribution in [3.63, 3.8) is 0 Å². The van der Waals surface area contributed by atoms with Gasteiger partial charge in [-0.25, -0.2) is 4.39 Å². The van der Waals surface area contributed by atoms with Crippen LogP contribution in [0.2, 0.25) is 0 Å². The highest BCUT2D eigenvalue weighted by Gasteiger charge is 2.19. The molecule has 0 aliphatic rings. The molecule has 0 aromatic heterocycles. The fourth-order valence-electron chi connectivity index (χ4n) is 1.77. The van der Waals surface area contributed by atoms with Crippen molar-refractivity contribution in [1.29, 1.82) is 0 Å². The standard InChI is InChI=1S/C16H24FNO3/c1-4-11(2)12(3)16(20)18-9-14(19)10-21-15-7-5-13(17)6-8-15/h5-8,11-12,14,19H,4,9-10H2,1-3H3,(H,18,20). The van der Waals surface area contributed by atoms with Crippen LogP contribution in [0, 0.1) is 17.7 Å². The van der Waals surface area contributed by atoms with Crippen LogP contribution in [0.1, 0.15) is 27.2 Å². The summed E-state index contributed by atoms with van der Waals surface area (Å²) in [6.45, 7) is 6.13. The van der Waals surface area contributed by atoms with E-state index in [0.717, 1.165) is 6.42 Å². The van der Waals surface area contributed by atoms with E-state index < -0.39 is 6.10 Å². The molecule has 4 nitrogen and oxygen atoms in total. The number of hydrogen-bond acceptors (Lipinski definition) is 3. The fraction of sp³-hybridized carbons (Fsp3) is 0.562. The SMILES string of the molecule is CCC(C)C(C)C(=O)NCC(O)COc1ccc(F)cc1. The Morgan fingerprint density at radius 3 is 2.52 bits per heavy atom. The summed E-state index contributed by atoms with van der Waals surface area (Å²) in [6.07, 6.45) is 0.133. The van der Waals surface area contributed by atoms with Gasteiger partial charge in [-0.1, -0.05) is 27.2 Å². The quantitative estimate of drug-likeness (QED) is 0.774. The lowest BCUT2D eigenvalue weighted by Crippen LogP contribution is -2.39. The molecule has 0 aliphatic heterocycles. The Bertz CT molecular complexity index is 436. The minimum atomic E-state index is -0.803. The van der Waals surface area contributed by atoms with Gasteiger partial charge in [-0.05, 0) is 30.2 Å². The molecular formula is C16H24FNO3. The number of carbonyl (C=O) groups is 1. The van der Waals surface area contributed by atoms with E-state index in [-0.39, 0.29) is 30.8 Å². The third kappa shape index (κ3) is 6.12. The molecule has 1 aromatic carbocycles. The second-order valence-corrected chi connectivity index (χ2v) is 5.34. The van der Waals surface area contributed by atoms with Crippen molar-refractivity contribution < 1.29 is 19.0 Å². The van der Waals surface area contributed by atoms with Crippen molar-refractivity contribution in [1.82, 2.24) is 5.32 Å². The Balaban J connectivity index is 2.29. The number of aliphatic hydroxyl groups excluding tert-OH is 1. The van der Waals surface area contributed by atoms with E-state index in [9.17, 15) is 14.3 Å². The third-order valence-electron chi connectivity index (χ3n) is 3.68. The van der Waals surface area contributed by atoms with E-state index in [1.807, 2.05) is 20.8 Å². The maximum atomic E-state index is 12.7. The fourth-order valence-corrected chi connectivity index (χ4v) is 1.77. The molecule has 1 amide bonds. The molecule has 3 atom stereocenters. The van der Waals surface area contributed by atoms with E-state index in [2.05, 4.69) is 5.32 Å². The summed E-state index contributed by atoms with van der Waals surface area (Å²) in [4.78, 5) is 11.9. The van der Waals surface area contributed by atoms with Gasteiger partial charge >= 0.3 is 0 Å². The zero-order valence-corrected chi connectivity index (χ0v) is 12.8. The van der Waals surface area contributed by atoms with Gasteiger partial charge in [-0.15, -0.1) is 0 Å². The summed E-state index contributed by atoms with van der Waals surface area (Å²) in [6, 6.07) is 5.56. The van der Waals surface area contributed by atoms with Crippen LogP contribution >= 0.6 is 0 Å². The number of halogens is 1. The number of carbonyl (C=O) groups excluding carboxylic acids is 1. The van der Waals surface area contributed by atoms with Crippen LogP contribution < -0.4 is 10.1 Å². The summed E-state index contributed by atoms with van der Waals surface area (Å²) < 4.78 is 18.0. The van der Waals surface area contributed by atoms with E-state index in [0.29, 0.717) is 11.7 Å². The Labute approximate surface area is 125 Å². The Kier molecular flexibility index (Phi) is 7.15. The summed E-state index contributed by atoms with van der Waals surface area (Å²) in [5.74, 6) is 0.298. The molecule has 0 radical (unpaired) electrons. The van der Waals surface area contributed by atoms with Crippen molar-refractivity contribution in [3.05, 3.63) is 30.1 Å². The van der Waals surface area contributed by atoms with Crippen LogP contribution in [0.5, 0.6) is 5.75 Å². The summed E-state index contributed by atoms with van der Waals surface area (Å²) in [7, 11) is 0. The lowest BCUT2D eigenvalue weighted by molar-refractivity contribution is -0.126. The van der Waals surface area contributed by atoms with Gasteiger partial charge in [-0.3, -0.25) is 4.79 Å². The van der Waals surface area contributed by atoms with Gasteiger partial charge in [-0.2, -0.15) is 0 Å². The van der Waals surface area contributed by atoms with Crippen LogP contribution in [-0.2, 0) is 4.79 Å². The number of aliphatic hydroxyl groups is 1. The minimum absolute atomic E-state index is 0.0453. The minimum Gasteiger partial charge on any atom is -0.491 e. The highest BCUT2D eigenvalue weighted by molar-refractivity contribution is 5.78. The molecule has 0 bridgehead atoms. The monoisotopic (exact) mass is 297 g/mol. The lowest BCUT2D eigenvalue weighted by atomic mass is 9.93. The van der Waals surface area contributed by atoms with Gasteiger partial charge in [0.2, 0.25) is 5.91 Å². The number of rotatable bonds is 8. The molecule has 0 saturated carbocycles. The summed E-state index contributed by atoms with van der Waals surface area (Å²) in [5, 5.41) is 12.5. The average molecular weight is 297 g/mol. The molecule has 0 fully saturated rings. The zero-order valence-electron chi connectivity index (χ0n) is 12.8. The molecule has 1 rings (SSSR count). The Morgan fingerprint density at radius 1 is 1.33 bits per heavy atom. The van der Waals surface area contributed by atoms with Crippen LogP contribution in [-0.4, -0.2) is 30.3 Å². The highest BCUT2D eigenvalue weighted by atomic mass is 19.1. The maximum Gasteiger partial charge on any atom is 0.223 e. The normalized spacial score (nSPS) is 15.1. The van der Waals surface area contributed by atoms with Gasteiger partial charge in [0.15, 0.2) is 0 Å². The van der Waals surface area contributed by atoms with E-state index >= 15 is 0 Å². The molecule has 1 aromatic rings. The average Bonchev–Trinajstić information content (AvgIpc) is 2.50. The Morgan fingerprint density at radius 2 is 1.95 bits per heavy atom. The van der Waals surface area contributed by atoms with Gasteiger partial charge in [0, 0.05) is 12.5 Å². The van der Waals surface area contributed by atoms with Gasteiger partial charge in [0.25, 0.3) is 0 Å². The van der Waals surface area contributed by atoms with Gasteiger partial charge in [0.1, 0.15) is 24.3 Å². The molecule has 118 valence electrons. The van der Waals surface area contributed by atoms with E-state index in [1.165, 1.54) is 24.3 Å². The first kappa shape index (κ1) is 17.4. The first-order valence-electron chi connectivity index (χ1n) is 7.28. The summed E-state index contributed by atoms with van der Waals surface area (Å²) >= 11 is 0. The van der Waals surface area contributed by atoms with Gasteiger partial charge < -0.3 is 15.2 Å². The van der Waals surface area contributed by atoms with Crippen LogP contribution in [0.4, 0.5) is 4.39 Å². The Hall–Kier alpha value is -1.62. The first-order chi connectivity index (χ1) is 9.93.